The average Bonchev–Trinajstić information content (AvgIpc) is 2.47. The summed E-state index contributed by atoms with van der Waals surface area (Å²) in [7, 11) is 0. The van der Waals surface area contributed by atoms with Gasteiger partial charge < -0.3 is 5.73 Å². The Hall–Kier alpha value is -2.34. The molecule has 3 rings (SSSR count). The Bertz CT molecular complexity index is 798. The van der Waals surface area contributed by atoms with Gasteiger partial charge in [0.05, 0.1) is 22.6 Å². The van der Waals surface area contributed by atoms with Gasteiger partial charge in [-0.2, -0.15) is 0 Å². The Morgan fingerprint density at radius 3 is 2.95 bits per heavy atom. The first-order chi connectivity index (χ1) is 9.72. The van der Waals surface area contributed by atoms with E-state index < -0.39 is 0 Å². The van der Waals surface area contributed by atoms with E-state index in [0.29, 0.717) is 17.1 Å². The molecule has 6 heteroatoms. The second-order valence-corrected chi connectivity index (χ2v) is 5.23. The van der Waals surface area contributed by atoms with Crippen LogP contribution in [0.5, 0.6) is 0 Å². The quantitative estimate of drug-likeness (QED) is 0.744. The summed E-state index contributed by atoms with van der Waals surface area (Å²) in [6, 6.07) is 10.7. The molecule has 0 spiro atoms. The van der Waals surface area contributed by atoms with Crippen molar-refractivity contribution in [2.24, 2.45) is 0 Å². The van der Waals surface area contributed by atoms with Crippen LogP contribution < -0.4 is 11.3 Å². The van der Waals surface area contributed by atoms with Gasteiger partial charge in [-0.3, -0.25) is 9.20 Å². The molecule has 0 aliphatic rings. The van der Waals surface area contributed by atoms with Crippen LogP contribution in [0.4, 0.5) is 5.69 Å². The minimum Gasteiger partial charge on any atom is -0.397 e. The second kappa shape index (κ2) is 5.34. The van der Waals surface area contributed by atoms with Gasteiger partial charge in [0.2, 0.25) is 0 Å². The van der Waals surface area contributed by atoms with E-state index in [4.69, 9.17) is 5.73 Å². The predicted octanol–water partition coefficient (Wildman–Crippen LogP) is 1.96. The molecule has 0 saturated heterocycles. The van der Waals surface area contributed by atoms with Crippen LogP contribution >= 0.6 is 11.8 Å². The maximum absolute atomic E-state index is 11.9. The minimum absolute atomic E-state index is 0.0727. The molecule has 0 aliphatic heterocycles. The SMILES string of the molecule is Nc1ccc(SCc2cc(=O)n3ccccc3n2)nc1. The molecule has 20 heavy (non-hydrogen) atoms. The lowest BCUT2D eigenvalue weighted by Crippen LogP contribution is -2.14. The number of nitrogen functional groups attached to an aromatic ring is 1. The highest BCUT2D eigenvalue weighted by atomic mass is 32.2. The fourth-order valence-corrected chi connectivity index (χ4v) is 2.54. The van der Waals surface area contributed by atoms with Gasteiger partial charge in [-0.05, 0) is 24.3 Å². The van der Waals surface area contributed by atoms with E-state index >= 15 is 0 Å². The van der Waals surface area contributed by atoms with Crippen molar-refractivity contribution in [2.45, 2.75) is 10.8 Å². The van der Waals surface area contributed by atoms with Crippen molar-refractivity contribution in [3.05, 3.63) is 64.8 Å². The maximum atomic E-state index is 11.9. The largest absolute Gasteiger partial charge is 0.397 e. The monoisotopic (exact) mass is 284 g/mol. The molecule has 3 heterocycles. The van der Waals surface area contributed by atoms with Crippen molar-refractivity contribution in [1.29, 1.82) is 0 Å². The van der Waals surface area contributed by atoms with Gasteiger partial charge in [-0.15, -0.1) is 11.8 Å². The maximum Gasteiger partial charge on any atom is 0.258 e. The van der Waals surface area contributed by atoms with E-state index in [1.54, 1.807) is 24.5 Å². The van der Waals surface area contributed by atoms with Crippen LogP contribution in [0.3, 0.4) is 0 Å². The first-order valence-corrected chi connectivity index (χ1v) is 7.02. The zero-order valence-electron chi connectivity index (χ0n) is 10.6. The molecule has 0 aliphatic carbocycles. The van der Waals surface area contributed by atoms with Crippen molar-refractivity contribution in [2.75, 3.05) is 5.73 Å². The summed E-state index contributed by atoms with van der Waals surface area (Å²) in [5.74, 6) is 0.595. The zero-order chi connectivity index (χ0) is 13.9. The van der Waals surface area contributed by atoms with E-state index in [-0.39, 0.29) is 5.56 Å². The number of aromatic nitrogens is 3. The lowest BCUT2D eigenvalue weighted by molar-refractivity contribution is 1.01. The van der Waals surface area contributed by atoms with Crippen LogP contribution in [0.15, 0.2) is 58.6 Å². The fraction of sp³-hybridized carbons (Fsp3) is 0.0714. The third-order valence-corrected chi connectivity index (χ3v) is 3.73. The molecule has 2 N–H and O–H groups in total. The van der Waals surface area contributed by atoms with Gasteiger partial charge in [-0.1, -0.05) is 6.07 Å². The van der Waals surface area contributed by atoms with E-state index in [1.165, 1.54) is 16.2 Å². The number of rotatable bonds is 3. The molecule has 0 radical (unpaired) electrons. The number of hydrogen-bond acceptors (Lipinski definition) is 5. The van der Waals surface area contributed by atoms with Crippen LogP contribution in [0, 0.1) is 0 Å². The van der Waals surface area contributed by atoms with Gasteiger partial charge in [0.25, 0.3) is 5.56 Å². The number of pyridine rings is 2. The zero-order valence-corrected chi connectivity index (χ0v) is 11.4. The fourth-order valence-electron chi connectivity index (χ4n) is 1.80. The molecule has 0 bridgehead atoms. The molecule has 100 valence electrons. The molecule has 0 saturated carbocycles. The van der Waals surface area contributed by atoms with Crippen LogP contribution in [-0.2, 0) is 5.75 Å². The molecule has 5 nitrogen and oxygen atoms in total. The number of nitrogens with zero attached hydrogens (tertiary/aromatic N) is 3. The molecule has 3 aromatic heterocycles. The molecular weight excluding hydrogens is 272 g/mol. The third-order valence-electron chi connectivity index (χ3n) is 2.75. The smallest absolute Gasteiger partial charge is 0.258 e. The van der Waals surface area contributed by atoms with Crippen molar-refractivity contribution in [3.8, 4) is 0 Å². The van der Waals surface area contributed by atoms with E-state index in [2.05, 4.69) is 9.97 Å². The third kappa shape index (κ3) is 2.65. The summed E-state index contributed by atoms with van der Waals surface area (Å²) in [6.07, 6.45) is 3.33. The second-order valence-electron chi connectivity index (χ2n) is 4.23. The number of nitrogens with two attached hydrogens (primary N) is 1. The molecular formula is C14H12N4OS. The molecule has 0 aromatic carbocycles. The number of thioether (sulfide) groups is 1. The minimum atomic E-state index is -0.0727. The lowest BCUT2D eigenvalue weighted by atomic mass is 10.4. The van der Waals surface area contributed by atoms with Crippen molar-refractivity contribution in [3.63, 3.8) is 0 Å². The molecule has 0 unspecified atom stereocenters. The highest BCUT2D eigenvalue weighted by Crippen LogP contribution is 2.19. The average molecular weight is 284 g/mol. The standard InChI is InChI=1S/C14H12N4OS/c15-10-4-5-13(16-8-10)20-9-11-7-14(19)18-6-2-1-3-12(18)17-11/h1-8H,9,15H2. The van der Waals surface area contributed by atoms with Crippen LogP contribution in [-0.4, -0.2) is 14.4 Å². The Morgan fingerprint density at radius 2 is 2.15 bits per heavy atom. The van der Waals surface area contributed by atoms with Gasteiger partial charge in [0.15, 0.2) is 0 Å². The molecule has 0 fully saturated rings. The van der Waals surface area contributed by atoms with Gasteiger partial charge in [0.1, 0.15) is 5.65 Å². The summed E-state index contributed by atoms with van der Waals surface area (Å²) in [6.45, 7) is 0. The van der Waals surface area contributed by atoms with E-state index in [0.717, 1.165) is 10.7 Å². The highest BCUT2D eigenvalue weighted by molar-refractivity contribution is 7.98. The predicted molar refractivity (Wildman–Crippen MR) is 79.7 cm³/mol. The van der Waals surface area contributed by atoms with Crippen molar-refractivity contribution in [1.82, 2.24) is 14.4 Å². The molecule has 0 amide bonds. The first kappa shape index (κ1) is 12.7. The summed E-state index contributed by atoms with van der Waals surface area (Å²) < 4.78 is 1.52. The van der Waals surface area contributed by atoms with Crippen molar-refractivity contribution >= 4 is 23.1 Å². The summed E-state index contributed by atoms with van der Waals surface area (Å²) in [5.41, 5.74) is 7.54. The van der Waals surface area contributed by atoms with Crippen LogP contribution in [0.1, 0.15) is 5.69 Å². The summed E-state index contributed by atoms with van der Waals surface area (Å²) >= 11 is 1.52. The first-order valence-electron chi connectivity index (χ1n) is 6.04. The Morgan fingerprint density at radius 1 is 1.25 bits per heavy atom. The lowest BCUT2D eigenvalue weighted by Gasteiger charge is -2.03. The van der Waals surface area contributed by atoms with Gasteiger partial charge in [0, 0.05) is 18.0 Å². The van der Waals surface area contributed by atoms with Crippen LogP contribution in [0.2, 0.25) is 0 Å². The van der Waals surface area contributed by atoms with Crippen LogP contribution in [0.25, 0.3) is 5.65 Å². The number of anilines is 1. The molecule has 3 aromatic rings. The topological polar surface area (TPSA) is 73.3 Å². The Balaban J connectivity index is 1.84. The van der Waals surface area contributed by atoms with E-state index in [9.17, 15) is 4.79 Å². The summed E-state index contributed by atoms with van der Waals surface area (Å²) in [5, 5.41) is 0.856. The van der Waals surface area contributed by atoms with E-state index in [1.807, 2.05) is 24.3 Å². The van der Waals surface area contributed by atoms with Gasteiger partial charge >= 0.3 is 0 Å². The Labute approximate surface area is 119 Å². The van der Waals surface area contributed by atoms with Gasteiger partial charge in [-0.25, -0.2) is 9.97 Å². The molecule has 0 atom stereocenters. The highest BCUT2D eigenvalue weighted by Gasteiger charge is 2.03. The van der Waals surface area contributed by atoms with Crippen molar-refractivity contribution < 1.29 is 0 Å². The normalized spacial score (nSPS) is 10.8. The Kier molecular flexibility index (Phi) is 3.39. The number of hydrogen-bond donors (Lipinski definition) is 1. The number of fused-ring (bicyclic) bond motifs is 1. The summed E-state index contributed by atoms with van der Waals surface area (Å²) in [4.78, 5) is 20.6.